The third kappa shape index (κ3) is 3.26. The van der Waals surface area contributed by atoms with Gasteiger partial charge in [0.2, 0.25) is 0 Å². The van der Waals surface area contributed by atoms with Gasteiger partial charge in [-0.25, -0.2) is 14.0 Å². The highest BCUT2D eigenvalue weighted by Crippen LogP contribution is 2.34. The molecule has 0 aromatic heterocycles. The number of benzene rings is 1. The van der Waals surface area contributed by atoms with Crippen molar-refractivity contribution in [1.82, 2.24) is 5.32 Å². The Morgan fingerprint density at radius 2 is 2.20 bits per heavy atom. The van der Waals surface area contributed by atoms with E-state index in [2.05, 4.69) is 17.6 Å². The number of nitrogens with one attached hydrogen (secondary N) is 2. The summed E-state index contributed by atoms with van der Waals surface area (Å²) in [6, 6.07) is 3.40. The van der Waals surface area contributed by atoms with E-state index in [1.807, 2.05) is 0 Å². The van der Waals surface area contributed by atoms with Crippen LogP contribution in [0.2, 0.25) is 0 Å². The van der Waals surface area contributed by atoms with Gasteiger partial charge in [-0.15, -0.1) is 0 Å². The van der Waals surface area contributed by atoms with Crippen LogP contribution in [0.4, 0.5) is 14.9 Å². The van der Waals surface area contributed by atoms with Crippen LogP contribution >= 0.6 is 0 Å². The molecule has 6 heteroatoms. The van der Waals surface area contributed by atoms with Crippen molar-refractivity contribution in [2.45, 2.75) is 32.2 Å². The summed E-state index contributed by atoms with van der Waals surface area (Å²) in [5.74, 6) is -1.78. The van der Waals surface area contributed by atoms with Crippen LogP contribution in [-0.4, -0.2) is 23.1 Å². The molecule has 2 atom stereocenters. The molecule has 0 saturated heterocycles. The average molecular weight is 280 g/mol. The lowest BCUT2D eigenvalue weighted by Crippen LogP contribution is -2.32. The summed E-state index contributed by atoms with van der Waals surface area (Å²) in [7, 11) is 0. The highest BCUT2D eigenvalue weighted by molar-refractivity contribution is 6.00. The maximum absolute atomic E-state index is 13.4. The van der Waals surface area contributed by atoms with Gasteiger partial charge < -0.3 is 15.7 Å². The zero-order valence-corrected chi connectivity index (χ0v) is 11.1. The number of carboxylic acids is 1. The topological polar surface area (TPSA) is 78.4 Å². The summed E-state index contributed by atoms with van der Waals surface area (Å²) >= 11 is 0. The zero-order chi connectivity index (χ0) is 14.7. The highest BCUT2D eigenvalue weighted by atomic mass is 19.1. The largest absolute Gasteiger partial charge is 0.478 e. The number of hydrogen-bond acceptors (Lipinski definition) is 2. The molecule has 0 heterocycles. The molecule has 1 aromatic carbocycles. The van der Waals surface area contributed by atoms with Crippen LogP contribution < -0.4 is 10.6 Å². The Morgan fingerprint density at radius 3 is 2.85 bits per heavy atom. The molecular weight excluding hydrogens is 263 g/mol. The lowest BCUT2D eigenvalue weighted by molar-refractivity contribution is 0.0693. The molecule has 2 unspecified atom stereocenters. The Labute approximate surface area is 116 Å². The van der Waals surface area contributed by atoms with Crippen molar-refractivity contribution in [2.24, 2.45) is 5.92 Å². The van der Waals surface area contributed by atoms with E-state index in [9.17, 15) is 14.0 Å². The molecule has 1 aliphatic rings. The second-order valence-corrected chi connectivity index (χ2v) is 4.96. The summed E-state index contributed by atoms with van der Waals surface area (Å²) in [5, 5.41) is 14.1. The number of amides is 2. The molecule has 0 bridgehead atoms. The van der Waals surface area contributed by atoms with Gasteiger partial charge in [-0.05, 0) is 30.9 Å². The number of urea groups is 1. The van der Waals surface area contributed by atoms with Gasteiger partial charge >= 0.3 is 12.0 Å². The first-order valence-electron chi connectivity index (χ1n) is 6.62. The predicted octanol–water partition coefficient (Wildman–Crippen LogP) is 2.83. The number of rotatable bonds is 5. The first-order chi connectivity index (χ1) is 9.52. The van der Waals surface area contributed by atoms with Gasteiger partial charge in [-0.1, -0.05) is 19.4 Å². The van der Waals surface area contributed by atoms with Gasteiger partial charge in [0, 0.05) is 6.04 Å². The van der Waals surface area contributed by atoms with Crippen molar-refractivity contribution in [1.29, 1.82) is 0 Å². The highest BCUT2D eigenvalue weighted by Gasteiger charge is 2.37. The SMILES string of the molecule is CCCC1CC1NC(=O)Nc1cccc(F)c1C(=O)O. The summed E-state index contributed by atoms with van der Waals surface area (Å²) in [5.41, 5.74) is -0.564. The molecule has 1 saturated carbocycles. The Bertz CT molecular complexity index is 533. The third-order valence-electron chi connectivity index (χ3n) is 3.37. The molecule has 2 amide bonds. The maximum Gasteiger partial charge on any atom is 0.340 e. The number of hydrogen-bond donors (Lipinski definition) is 3. The lowest BCUT2D eigenvalue weighted by atomic mass is 10.1. The molecule has 20 heavy (non-hydrogen) atoms. The Kier molecular flexibility index (Phi) is 4.22. The fraction of sp³-hybridized carbons (Fsp3) is 0.429. The maximum atomic E-state index is 13.4. The van der Waals surface area contributed by atoms with E-state index in [1.54, 1.807) is 0 Å². The van der Waals surface area contributed by atoms with Crippen LogP contribution in [0.1, 0.15) is 36.5 Å². The summed E-state index contributed by atoms with van der Waals surface area (Å²) < 4.78 is 13.4. The Balaban J connectivity index is 1.98. The van der Waals surface area contributed by atoms with Crippen LogP contribution in [0.25, 0.3) is 0 Å². The molecule has 108 valence electrons. The van der Waals surface area contributed by atoms with Crippen molar-refractivity contribution in [3.63, 3.8) is 0 Å². The number of carbonyl (C=O) groups is 2. The van der Waals surface area contributed by atoms with Crippen LogP contribution in [-0.2, 0) is 0 Å². The van der Waals surface area contributed by atoms with E-state index < -0.39 is 23.4 Å². The van der Waals surface area contributed by atoms with E-state index in [-0.39, 0.29) is 11.7 Å². The standard InChI is InChI=1S/C14H17FN2O3/c1-2-4-8-7-11(8)17-14(20)16-10-6-3-5-9(15)12(10)13(18)19/h3,5-6,8,11H,2,4,7H2,1H3,(H,18,19)(H2,16,17,20). The normalized spacial score (nSPS) is 20.3. The minimum absolute atomic E-state index is 0.0392. The molecule has 1 fully saturated rings. The number of halogens is 1. The number of carbonyl (C=O) groups excluding carboxylic acids is 1. The molecule has 0 radical (unpaired) electrons. The van der Waals surface area contributed by atoms with E-state index >= 15 is 0 Å². The van der Waals surface area contributed by atoms with Crippen LogP contribution in [0.15, 0.2) is 18.2 Å². The molecule has 2 rings (SSSR count). The van der Waals surface area contributed by atoms with Gasteiger partial charge in [0.1, 0.15) is 11.4 Å². The first kappa shape index (κ1) is 14.3. The number of carboxylic acid groups (broad SMARTS) is 1. The van der Waals surface area contributed by atoms with E-state index in [0.717, 1.165) is 25.3 Å². The molecule has 3 N–H and O–H groups in total. The van der Waals surface area contributed by atoms with Gasteiger partial charge in [-0.2, -0.15) is 0 Å². The predicted molar refractivity (Wildman–Crippen MR) is 72.3 cm³/mol. The van der Waals surface area contributed by atoms with Crippen molar-refractivity contribution in [2.75, 3.05) is 5.32 Å². The van der Waals surface area contributed by atoms with Crippen LogP contribution in [0.5, 0.6) is 0 Å². The monoisotopic (exact) mass is 280 g/mol. The molecule has 5 nitrogen and oxygen atoms in total. The van der Waals surface area contributed by atoms with E-state index in [0.29, 0.717) is 5.92 Å². The van der Waals surface area contributed by atoms with Crippen molar-refractivity contribution < 1.29 is 19.1 Å². The zero-order valence-electron chi connectivity index (χ0n) is 11.1. The first-order valence-corrected chi connectivity index (χ1v) is 6.62. The smallest absolute Gasteiger partial charge is 0.340 e. The second kappa shape index (κ2) is 5.90. The lowest BCUT2D eigenvalue weighted by Gasteiger charge is -2.10. The number of aromatic carboxylic acids is 1. The minimum Gasteiger partial charge on any atom is -0.478 e. The van der Waals surface area contributed by atoms with E-state index in [4.69, 9.17) is 5.11 Å². The summed E-state index contributed by atoms with van der Waals surface area (Å²) in [6.07, 6.45) is 3.07. The van der Waals surface area contributed by atoms with Gasteiger partial charge in [0.25, 0.3) is 0 Å². The molecule has 1 aromatic rings. The van der Waals surface area contributed by atoms with Gasteiger partial charge in [0.05, 0.1) is 5.69 Å². The quantitative estimate of drug-likeness (QED) is 0.776. The van der Waals surface area contributed by atoms with Gasteiger partial charge in [-0.3, -0.25) is 0 Å². The van der Waals surface area contributed by atoms with Crippen molar-refractivity contribution in [3.8, 4) is 0 Å². The van der Waals surface area contributed by atoms with Crippen molar-refractivity contribution >= 4 is 17.7 Å². The average Bonchev–Trinajstić information content (AvgIpc) is 3.06. The third-order valence-corrected chi connectivity index (χ3v) is 3.37. The molecule has 0 aliphatic heterocycles. The van der Waals surface area contributed by atoms with E-state index in [1.165, 1.54) is 12.1 Å². The van der Waals surface area contributed by atoms with Crippen molar-refractivity contribution in [3.05, 3.63) is 29.6 Å². The fourth-order valence-electron chi connectivity index (χ4n) is 2.29. The molecular formula is C14H17FN2O3. The second-order valence-electron chi connectivity index (χ2n) is 4.96. The summed E-state index contributed by atoms with van der Waals surface area (Å²) in [6.45, 7) is 2.08. The molecule has 1 aliphatic carbocycles. The fourth-order valence-corrected chi connectivity index (χ4v) is 2.29. The minimum atomic E-state index is -1.41. The van der Waals surface area contributed by atoms with Crippen LogP contribution in [0, 0.1) is 11.7 Å². The van der Waals surface area contributed by atoms with Crippen LogP contribution in [0.3, 0.4) is 0 Å². The molecule has 0 spiro atoms. The van der Waals surface area contributed by atoms with Gasteiger partial charge in [0.15, 0.2) is 0 Å². The summed E-state index contributed by atoms with van der Waals surface area (Å²) in [4.78, 5) is 22.7. The number of anilines is 1. The Hall–Kier alpha value is -2.11. The Morgan fingerprint density at radius 1 is 1.45 bits per heavy atom.